The van der Waals surface area contributed by atoms with Crippen LogP contribution < -0.4 is 0 Å². The largest absolute Gasteiger partial charge is 0.416 e. The van der Waals surface area contributed by atoms with Crippen LogP contribution in [-0.4, -0.2) is 98.1 Å². The van der Waals surface area contributed by atoms with Crippen LogP contribution in [0.3, 0.4) is 0 Å². The monoisotopic (exact) mass is 569 g/mol. The van der Waals surface area contributed by atoms with E-state index in [0.717, 1.165) is 13.1 Å². The molecule has 0 aliphatic heterocycles. The molecule has 0 saturated carbocycles. The Morgan fingerprint density at radius 2 is 0.647 bits per heavy atom. The van der Waals surface area contributed by atoms with Gasteiger partial charge in [0.05, 0.1) is 25.4 Å². The number of nitrogens with zero attached hydrogens (tertiary/aromatic N) is 1. The Kier molecular flexibility index (Phi) is 13.9. The average molecular weight is 570 g/mol. The molecular formula is C23H59NO5Si5. The number of hydrogen-bond donors (Lipinski definition) is 0. The molecule has 0 amide bonds. The second-order valence-electron chi connectivity index (χ2n) is 14.3. The minimum absolute atomic E-state index is 0.369. The second kappa shape index (κ2) is 13.6. The van der Waals surface area contributed by atoms with E-state index < -0.39 is 41.6 Å². The molecule has 0 rings (SSSR count). The van der Waals surface area contributed by atoms with Crippen LogP contribution >= 0.6 is 0 Å². The summed E-state index contributed by atoms with van der Waals surface area (Å²) in [5.41, 5.74) is -0.369. The molecule has 0 bridgehead atoms. The van der Waals surface area contributed by atoms with Gasteiger partial charge in [-0.1, -0.05) is 0 Å². The number of hydrogen-bond acceptors (Lipinski definition) is 6. The summed E-state index contributed by atoms with van der Waals surface area (Å²) >= 11 is 0. The van der Waals surface area contributed by atoms with Crippen molar-refractivity contribution >= 4 is 41.6 Å². The lowest BCUT2D eigenvalue weighted by Gasteiger charge is -2.47. The van der Waals surface area contributed by atoms with Gasteiger partial charge >= 0.3 is 0 Å². The summed E-state index contributed by atoms with van der Waals surface area (Å²) in [4.78, 5) is 2.51. The molecule has 0 aliphatic carbocycles. The minimum atomic E-state index is -1.75. The number of rotatable bonds is 18. The SMILES string of the molecule is C[Si](C)(C)OCCN(CCO[Si](C)(C)C)C(CO[Si](C)(C)C)(CO[Si](C)(C)C)CO[Si](C)(C)C. The van der Waals surface area contributed by atoms with E-state index in [2.05, 4.69) is 103 Å². The van der Waals surface area contributed by atoms with Crippen molar-refractivity contribution in [2.45, 2.75) is 104 Å². The lowest BCUT2D eigenvalue weighted by molar-refractivity contribution is -0.0437. The van der Waals surface area contributed by atoms with Crippen molar-refractivity contribution in [1.29, 1.82) is 0 Å². The van der Waals surface area contributed by atoms with E-state index in [0.29, 0.717) is 33.0 Å². The Bertz CT molecular complexity index is 509. The Morgan fingerprint density at radius 3 is 0.853 bits per heavy atom. The zero-order valence-electron chi connectivity index (χ0n) is 25.4. The molecule has 0 aromatic carbocycles. The first-order chi connectivity index (χ1) is 14.9. The van der Waals surface area contributed by atoms with Crippen LogP contribution in [0.4, 0.5) is 0 Å². The molecule has 0 aliphatic rings. The van der Waals surface area contributed by atoms with Crippen molar-refractivity contribution in [3.63, 3.8) is 0 Å². The first kappa shape index (κ1) is 34.8. The summed E-state index contributed by atoms with van der Waals surface area (Å²) in [5, 5.41) is 0. The highest BCUT2D eigenvalue weighted by atomic mass is 28.4. The van der Waals surface area contributed by atoms with Gasteiger partial charge in [0.25, 0.3) is 0 Å². The normalized spacial score (nSPS) is 14.8. The van der Waals surface area contributed by atoms with Gasteiger partial charge in [-0.3, -0.25) is 4.90 Å². The lowest BCUT2D eigenvalue weighted by Crippen LogP contribution is -2.63. The molecule has 0 aromatic heterocycles. The van der Waals surface area contributed by atoms with Crippen LogP contribution in [0.15, 0.2) is 0 Å². The van der Waals surface area contributed by atoms with Gasteiger partial charge in [-0.15, -0.1) is 0 Å². The third-order valence-corrected chi connectivity index (χ3v) is 9.96. The van der Waals surface area contributed by atoms with Gasteiger partial charge in [-0.2, -0.15) is 0 Å². The van der Waals surface area contributed by atoms with Crippen LogP contribution in [0.5, 0.6) is 0 Å². The van der Waals surface area contributed by atoms with Gasteiger partial charge in [0.15, 0.2) is 41.6 Å². The van der Waals surface area contributed by atoms with Gasteiger partial charge in [0, 0.05) is 26.3 Å². The molecule has 0 aromatic rings. The predicted molar refractivity (Wildman–Crippen MR) is 161 cm³/mol. The van der Waals surface area contributed by atoms with E-state index >= 15 is 0 Å². The Morgan fingerprint density at radius 1 is 0.412 bits per heavy atom. The van der Waals surface area contributed by atoms with Gasteiger partial charge in [0.1, 0.15) is 0 Å². The van der Waals surface area contributed by atoms with Crippen LogP contribution in [0, 0.1) is 0 Å². The molecule has 6 nitrogen and oxygen atoms in total. The minimum Gasteiger partial charge on any atom is -0.416 e. The Hall–Kier alpha value is 0.844. The van der Waals surface area contributed by atoms with E-state index in [1.54, 1.807) is 0 Å². The third-order valence-electron chi connectivity index (χ3n) is 4.78. The van der Waals surface area contributed by atoms with Crippen molar-refractivity contribution in [1.82, 2.24) is 4.90 Å². The smallest absolute Gasteiger partial charge is 0.183 e. The second-order valence-corrected chi connectivity index (χ2v) is 36.9. The van der Waals surface area contributed by atoms with E-state index in [9.17, 15) is 0 Å². The highest BCUT2D eigenvalue weighted by Gasteiger charge is 2.41. The molecular weight excluding hydrogens is 511 g/mol. The highest BCUT2D eigenvalue weighted by Crippen LogP contribution is 2.25. The summed E-state index contributed by atoms with van der Waals surface area (Å²) in [6.07, 6.45) is 0. The van der Waals surface area contributed by atoms with Crippen LogP contribution in [0.25, 0.3) is 0 Å². The molecule has 0 N–H and O–H groups in total. The van der Waals surface area contributed by atoms with Crippen molar-refractivity contribution in [3.8, 4) is 0 Å². The Labute approximate surface area is 218 Å². The fraction of sp³-hybridized carbons (Fsp3) is 1.00. The summed E-state index contributed by atoms with van der Waals surface area (Å²) in [6.45, 7) is 38.6. The average Bonchev–Trinajstić information content (AvgIpc) is 2.56. The predicted octanol–water partition coefficient (Wildman–Crippen LogP) is 6.28. The maximum absolute atomic E-state index is 6.60. The zero-order chi connectivity index (χ0) is 27.1. The van der Waals surface area contributed by atoms with E-state index in [1.807, 2.05) is 0 Å². The van der Waals surface area contributed by atoms with Crippen LogP contribution in [-0.2, 0) is 22.1 Å². The Balaban J connectivity index is 6.17. The van der Waals surface area contributed by atoms with Crippen LogP contribution in [0.1, 0.15) is 0 Å². The first-order valence-electron chi connectivity index (χ1n) is 12.9. The molecule has 34 heavy (non-hydrogen) atoms. The fourth-order valence-corrected chi connectivity index (χ4v) is 6.47. The van der Waals surface area contributed by atoms with Gasteiger partial charge in [-0.05, 0) is 98.2 Å². The lowest BCUT2D eigenvalue weighted by atomic mass is 10.0. The zero-order valence-corrected chi connectivity index (χ0v) is 30.4. The summed E-state index contributed by atoms with van der Waals surface area (Å²) in [7, 11) is -8.47. The van der Waals surface area contributed by atoms with Crippen molar-refractivity contribution in [2.24, 2.45) is 0 Å². The summed E-state index contributed by atoms with van der Waals surface area (Å²) in [5.74, 6) is 0. The third kappa shape index (κ3) is 19.0. The van der Waals surface area contributed by atoms with Crippen molar-refractivity contribution in [2.75, 3.05) is 46.1 Å². The summed E-state index contributed by atoms with van der Waals surface area (Å²) < 4.78 is 32.4. The molecule has 0 spiro atoms. The van der Waals surface area contributed by atoms with Gasteiger partial charge in [-0.25, -0.2) is 0 Å². The maximum atomic E-state index is 6.60. The first-order valence-corrected chi connectivity index (χ1v) is 29.9. The molecule has 0 heterocycles. The standard InChI is InChI=1S/C23H59NO5Si5/c1-30(2,3)25-18-16-24(17-19-26-31(4,5)6)23(20-27-32(7,8)9,21-28-33(10,11)12)22-29-34(13,14)15/h16-22H2,1-15H3. The molecule has 0 radical (unpaired) electrons. The highest BCUT2D eigenvalue weighted by molar-refractivity contribution is 6.71. The fourth-order valence-electron chi connectivity index (χ4n) is 2.96. The van der Waals surface area contributed by atoms with Crippen LogP contribution in [0.2, 0.25) is 98.2 Å². The molecule has 0 fully saturated rings. The van der Waals surface area contributed by atoms with E-state index in [1.165, 1.54) is 0 Å². The van der Waals surface area contributed by atoms with E-state index in [4.69, 9.17) is 22.1 Å². The molecule has 0 saturated heterocycles. The molecule has 206 valence electrons. The topological polar surface area (TPSA) is 49.4 Å². The molecule has 0 unspecified atom stereocenters. The van der Waals surface area contributed by atoms with Gasteiger partial charge < -0.3 is 22.1 Å². The summed E-state index contributed by atoms with van der Waals surface area (Å²) in [6, 6.07) is 0. The molecule has 11 heteroatoms. The van der Waals surface area contributed by atoms with Crippen molar-refractivity contribution < 1.29 is 22.1 Å². The quantitative estimate of drug-likeness (QED) is 0.181. The van der Waals surface area contributed by atoms with E-state index in [-0.39, 0.29) is 5.54 Å². The molecule has 0 atom stereocenters. The maximum Gasteiger partial charge on any atom is 0.183 e. The van der Waals surface area contributed by atoms with Gasteiger partial charge in [0.2, 0.25) is 0 Å². The van der Waals surface area contributed by atoms with Crippen molar-refractivity contribution in [3.05, 3.63) is 0 Å².